The van der Waals surface area contributed by atoms with E-state index in [1.807, 2.05) is 61.5 Å². The number of furan rings is 1. The molecular weight excluding hydrogens is 396 g/mol. The summed E-state index contributed by atoms with van der Waals surface area (Å²) < 4.78 is 16.4. The van der Waals surface area contributed by atoms with Crippen LogP contribution in [0.25, 0.3) is 21.9 Å². The Morgan fingerprint density at radius 3 is 2.42 bits per heavy atom. The molecule has 0 saturated heterocycles. The van der Waals surface area contributed by atoms with Gasteiger partial charge in [-0.05, 0) is 36.4 Å². The van der Waals surface area contributed by atoms with Gasteiger partial charge in [0.2, 0.25) is 0 Å². The number of methoxy groups -OCH3 is 1. The number of esters is 1. The molecule has 7 heteroatoms. The summed E-state index contributed by atoms with van der Waals surface area (Å²) in [7, 11) is 5.35. The number of amides is 1. The van der Waals surface area contributed by atoms with Gasteiger partial charge >= 0.3 is 5.97 Å². The second-order valence-electron chi connectivity index (χ2n) is 7.21. The summed E-state index contributed by atoms with van der Waals surface area (Å²) in [5.74, 6) is -0.565. The zero-order chi connectivity index (χ0) is 22.0. The number of benzene rings is 3. The molecule has 0 radical (unpaired) electrons. The summed E-state index contributed by atoms with van der Waals surface area (Å²) in [5.41, 5.74) is 3.14. The van der Waals surface area contributed by atoms with E-state index in [2.05, 4.69) is 5.32 Å². The summed E-state index contributed by atoms with van der Waals surface area (Å²) in [6.07, 6.45) is 0. The van der Waals surface area contributed by atoms with Crippen LogP contribution in [0.1, 0.15) is 10.4 Å². The highest BCUT2D eigenvalue weighted by Gasteiger charge is 2.16. The van der Waals surface area contributed by atoms with Crippen molar-refractivity contribution in [3.8, 4) is 5.75 Å². The van der Waals surface area contributed by atoms with Crippen LogP contribution in [0.2, 0.25) is 0 Å². The fourth-order valence-corrected chi connectivity index (χ4v) is 3.31. The van der Waals surface area contributed by atoms with Gasteiger partial charge in [-0.25, -0.2) is 4.79 Å². The molecule has 3 aromatic carbocycles. The molecule has 158 valence electrons. The van der Waals surface area contributed by atoms with E-state index in [0.29, 0.717) is 22.6 Å². The molecule has 0 spiro atoms. The number of hydrogen-bond donors (Lipinski definition) is 1. The van der Waals surface area contributed by atoms with E-state index in [-0.39, 0.29) is 0 Å². The third-order valence-corrected chi connectivity index (χ3v) is 4.93. The SMILES string of the molecule is COc1cc2c(cc1NC(=O)COC(=O)c1ccc(N(C)C)cc1)oc1ccccc12. The fraction of sp³-hybridized carbons (Fsp3) is 0.167. The van der Waals surface area contributed by atoms with Gasteiger partial charge in [0.25, 0.3) is 5.91 Å². The highest BCUT2D eigenvalue weighted by molar-refractivity contribution is 6.08. The molecule has 1 N–H and O–H groups in total. The summed E-state index contributed by atoms with van der Waals surface area (Å²) in [6, 6.07) is 18.1. The van der Waals surface area contributed by atoms with Crippen LogP contribution in [0.4, 0.5) is 11.4 Å². The molecule has 0 bridgehead atoms. The monoisotopic (exact) mass is 418 g/mol. The smallest absolute Gasteiger partial charge is 0.338 e. The Kier molecular flexibility index (Phi) is 5.49. The first-order valence-electron chi connectivity index (χ1n) is 9.70. The van der Waals surface area contributed by atoms with Crippen LogP contribution in [0, 0.1) is 0 Å². The molecule has 0 unspecified atom stereocenters. The molecule has 31 heavy (non-hydrogen) atoms. The predicted octanol–water partition coefficient (Wildman–Crippen LogP) is 4.46. The molecule has 0 atom stereocenters. The number of para-hydroxylation sites is 1. The highest BCUT2D eigenvalue weighted by Crippen LogP contribution is 2.36. The lowest BCUT2D eigenvalue weighted by Crippen LogP contribution is -2.21. The van der Waals surface area contributed by atoms with Crippen molar-refractivity contribution in [2.24, 2.45) is 0 Å². The maximum absolute atomic E-state index is 12.4. The van der Waals surface area contributed by atoms with E-state index in [0.717, 1.165) is 22.0 Å². The van der Waals surface area contributed by atoms with E-state index < -0.39 is 18.5 Å². The van der Waals surface area contributed by atoms with E-state index in [1.165, 1.54) is 7.11 Å². The molecule has 0 aliphatic heterocycles. The largest absolute Gasteiger partial charge is 0.495 e. The number of hydrogen-bond acceptors (Lipinski definition) is 6. The number of anilines is 2. The summed E-state index contributed by atoms with van der Waals surface area (Å²) >= 11 is 0. The molecule has 1 amide bonds. The number of fused-ring (bicyclic) bond motifs is 3. The topological polar surface area (TPSA) is 81.0 Å². The number of nitrogens with one attached hydrogen (secondary N) is 1. The lowest BCUT2D eigenvalue weighted by atomic mass is 10.1. The Morgan fingerprint density at radius 2 is 1.71 bits per heavy atom. The zero-order valence-corrected chi connectivity index (χ0v) is 17.5. The summed E-state index contributed by atoms with van der Waals surface area (Å²) in [4.78, 5) is 26.5. The Labute approximate surface area is 179 Å². The van der Waals surface area contributed by atoms with Crippen LogP contribution in [0.15, 0.2) is 65.1 Å². The molecule has 0 aliphatic carbocycles. The van der Waals surface area contributed by atoms with Crippen molar-refractivity contribution in [3.05, 3.63) is 66.2 Å². The Hall–Kier alpha value is -4.00. The van der Waals surface area contributed by atoms with Gasteiger partial charge in [-0.3, -0.25) is 4.79 Å². The van der Waals surface area contributed by atoms with Crippen LogP contribution in [-0.4, -0.2) is 39.7 Å². The average molecular weight is 418 g/mol. The van der Waals surface area contributed by atoms with Crippen molar-refractivity contribution in [2.45, 2.75) is 0 Å². The third-order valence-electron chi connectivity index (χ3n) is 4.93. The van der Waals surface area contributed by atoms with Crippen molar-refractivity contribution < 1.29 is 23.5 Å². The average Bonchev–Trinajstić information content (AvgIpc) is 3.14. The maximum atomic E-state index is 12.4. The lowest BCUT2D eigenvalue weighted by molar-refractivity contribution is -0.119. The number of rotatable bonds is 6. The van der Waals surface area contributed by atoms with Gasteiger partial charge in [0.15, 0.2) is 6.61 Å². The predicted molar refractivity (Wildman–Crippen MR) is 120 cm³/mol. The summed E-state index contributed by atoms with van der Waals surface area (Å²) in [6.45, 7) is -0.421. The van der Waals surface area contributed by atoms with Crippen LogP contribution >= 0.6 is 0 Å². The molecule has 4 rings (SSSR count). The standard InChI is InChI=1S/C24H22N2O5/c1-26(2)16-10-8-15(9-11-16)24(28)30-14-23(27)25-19-13-21-18(12-22(19)29-3)17-6-4-5-7-20(17)31-21/h4-13H,14H2,1-3H3,(H,25,27). The first-order valence-corrected chi connectivity index (χ1v) is 9.70. The normalized spacial score (nSPS) is 10.8. The van der Waals surface area contributed by atoms with E-state index in [1.54, 1.807) is 18.2 Å². The van der Waals surface area contributed by atoms with Gasteiger partial charge in [0, 0.05) is 36.6 Å². The number of nitrogens with zero attached hydrogens (tertiary/aromatic N) is 1. The quantitative estimate of drug-likeness (QED) is 0.466. The number of carbonyl (C=O) groups excluding carboxylic acids is 2. The van der Waals surface area contributed by atoms with Crippen LogP contribution < -0.4 is 15.0 Å². The highest BCUT2D eigenvalue weighted by atomic mass is 16.5. The molecule has 7 nitrogen and oxygen atoms in total. The minimum Gasteiger partial charge on any atom is -0.495 e. The molecule has 0 fully saturated rings. The number of ether oxygens (including phenoxy) is 2. The molecule has 0 aliphatic rings. The first kappa shape index (κ1) is 20.3. The lowest BCUT2D eigenvalue weighted by Gasteiger charge is -2.13. The van der Waals surface area contributed by atoms with Gasteiger partial charge < -0.3 is 24.1 Å². The Balaban J connectivity index is 1.46. The van der Waals surface area contributed by atoms with Gasteiger partial charge in [-0.15, -0.1) is 0 Å². The van der Waals surface area contributed by atoms with Crippen LogP contribution in [0.3, 0.4) is 0 Å². The first-order chi connectivity index (χ1) is 15.0. The molecule has 1 heterocycles. The van der Waals surface area contributed by atoms with Crippen molar-refractivity contribution >= 4 is 45.2 Å². The Bertz CT molecular complexity index is 1260. The Morgan fingerprint density at radius 1 is 0.968 bits per heavy atom. The van der Waals surface area contributed by atoms with E-state index in [9.17, 15) is 9.59 Å². The molecule has 4 aromatic rings. The fourth-order valence-electron chi connectivity index (χ4n) is 3.31. The zero-order valence-electron chi connectivity index (χ0n) is 17.5. The van der Waals surface area contributed by atoms with Crippen molar-refractivity contribution in [1.82, 2.24) is 0 Å². The molecule has 0 saturated carbocycles. The minimum atomic E-state index is -0.569. The van der Waals surface area contributed by atoms with Crippen molar-refractivity contribution in [2.75, 3.05) is 38.0 Å². The number of carbonyl (C=O) groups is 2. The van der Waals surface area contributed by atoms with Gasteiger partial charge in [0.1, 0.15) is 16.9 Å². The van der Waals surface area contributed by atoms with Gasteiger partial charge in [-0.2, -0.15) is 0 Å². The van der Waals surface area contributed by atoms with Gasteiger partial charge in [0.05, 0.1) is 18.4 Å². The van der Waals surface area contributed by atoms with Crippen LogP contribution in [0.5, 0.6) is 5.75 Å². The van der Waals surface area contributed by atoms with Crippen molar-refractivity contribution in [1.29, 1.82) is 0 Å². The molecular formula is C24H22N2O5. The van der Waals surface area contributed by atoms with Crippen LogP contribution in [-0.2, 0) is 9.53 Å². The maximum Gasteiger partial charge on any atom is 0.338 e. The van der Waals surface area contributed by atoms with E-state index in [4.69, 9.17) is 13.9 Å². The van der Waals surface area contributed by atoms with Crippen molar-refractivity contribution in [3.63, 3.8) is 0 Å². The molecule has 1 aromatic heterocycles. The summed E-state index contributed by atoms with van der Waals surface area (Å²) in [5, 5.41) is 4.57. The third kappa shape index (κ3) is 4.16. The minimum absolute atomic E-state index is 0.375. The van der Waals surface area contributed by atoms with E-state index >= 15 is 0 Å². The second-order valence-corrected chi connectivity index (χ2v) is 7.21. The second kappa shape index (κ2) is 8.39. The van der Waals surface area contributed by atoms with Gasteiger partial charge in [-0.1, -0.05) is 18.2 Å².